The molecule has 3 rings (SSSR count). The molecule has 0 bridgehead atoms. The van der Waals surface area contributed by atoms with E-state index in [0.29, 0.717) is 17.9 Å². The standard InChI is InChI=1S/C18H16N2O2/c1-13(22-16-8-6-14(12-19)7-9-16)18(21)20-11-10-15-4-2-3-5-17(15)20/h2-9,13H,10-11H2,1H3/t13-/m1/s1. The van der Waals surface area contributed by atoms with Gasteiger partial charge in [0.25, 0.3) is 5.91 Å². The summed E-state index contributed by atoms with van der Waals surface area (Å²) in [7, 11) is 0. The largest absolute Gasteiger partial charge is 0.481 e. The summed E-state index contributed by atoms with van der Waals surface area (Å²) >= 11 is 0. The molecule has 0 saturated carbocycles. The quantitative estimate of drug-likeness (QED) is 0.874. The molecular weight excluding hydrogens is 276 g/mol. The molecule has 1 amide bonds. The van der Waals surface area contributed by atoms with Crippen molar-refractivity contribution in [2.24, 2.45) is 0 Å². The normalized spacial score (nSPS) is 14.1. The Morgan fingerprint density at radius 3 is 2.68 bits per heavy atom. The van der Waals surface area contributed by atoms with Gasteiger partial charge in [-0.15, -0.1) is 0 Å². The Morgan fingerprint density at radius 2 is 1.95 bits per heavy atom. The zero-order valence-corrected chi connectivity index (χ0v) is 12.3. The second-order valence-electron chi connectivity index (χ2n) is 5.26. The number of nitrogens with zero attached hydrogens (tertiary/aromatic N) is 2. The lowest BCUT2D eigenvalue weighted by molar-refractivity contribution is -0.124. The van der Waals surface area contributed by atoms with E-state index in [9.17, 15) is 4.79 Å². The average Bonchev–Trinajstić information content (AvgIpc) is 2.99. The van der Waals surface area contributed by atoms with Crippen LogP contribution in [0.15, 0.2) is 48.5 Å². The van der Waals surface area contributed by atoms with Gasteiger partial charge in [0.15, 0.2) is 6.10 Å². The second-order valence-corrected chi connectivity index (χ2v) is 5.26. The number of nitriles is 1. The first kappa shape index (κ1) is 14.2. The van der Waals surface area contributed by atoms with Gasteiger partial charge >= 0.3 is 0 Å². The molecule has 0 fully saturated rings. The lowest BCUT2D eigenvalue weighted by Crippen LogP contribution is -2.39. The van der Waals surface area contributed by atoms with Gasteiger partial charge in [-0.25, -0.2) is 0 Å². The maximum Gasteiger partial charge on any atom is 0.267 e. The molecule has 0 radical (unpaired) electrons. The summed E-state index contributed by atoms with van der Waals surface area (Å²) in [6.45, 7) is 2.45. The number of hydrogen-bond acceptors (Lipinski definition) is 3. The fourth-order valence-corrected chi connectivity index (χ4v) is 2.65. The molecule has 4 nitrogen and oxygen atoms in total. The second kappa shape index (κ2) is 5.90. The predicted octanol–water partition coefficient (Wildman–Crippen LogP) is 2.91. The fraction of sp³-hybridized carbons (Fsp3) is 0.222. The molecule has 2 aromatic rings. The lowest BCUT2D eigenvalue weighted by atomic mass is 10.2. The molecule has 1 heterocycles. The molecule has 2 aromatic carbocycles. The van der Waals surface area contributed by atoms with Crippen LogP contribution in [0.5, 0.6) is 5.75 Å². The third kappa shape index (κ3) is 2.66. The van der Waals surface area contributed by atoms with Crippen LogP contribution in [0.3, 0.4) is 0 Å². The summed E-state index contributed by atoms with van der Waals surface area (Å²) < 4.78 is 5.70. The molecule has 0 aliphatic carbocycles. The van der Waals surface area contributed by atoms with Crippen LogP contribution in [-0.2, 0) is 11.2 Å². The minimum absolute atomic E-state index is 0.0469. The summed E-state index contributed by atoms with van der Waals surface area (Å²) in [4.78, 5) is 14.4. The number of rotatable bonds is 3. The van der Waals surface area contributed by atoms with Gasteiger partial charge in [0.1, 0.15) is 5.75 Å². The summed E-state index contributed by atoms with van der Waals surface area (Å²) in [6.07, 6.45) is 0.310. The van der Waals surface area contributed by atoms with Gasteiger partial charge in [-0.3, -0.25) is 4.79 Å². The van der Waals surface area contributed by atoms with Gasteiger partial charge in [-0.1, -0.05) is 18.2 Å². The molecule has 0 spiro atoms. The van der Waals surface area contributed by atoms with Crippen LogP contribution in [0.4, 0.5) is 5.69 Å². The fourth-order valence-electron chi connectivity index (χ4n) is 2.65. The number of carbonyl (C=O) groups is 1. The van der Waals surface area contributed by atoms with Crippen LogP contribution in [-0.4, -0.2) is 18.6 Å². The van der Waals surface area contributed by atoms with Crippen molar-refractivity contribution in [3.63, 3.8) is 0 Å². The van der Waals surface area contributed by atoms with E-state index in [2.05, 4.69) is 12.1 Å². The van der Waals surface area contributed by atoms with Gasteiger partial charge in [0, 0.05) is 12.2 Å². The minimum Gasteiger partial charge on any atom is -0.481 e. The molecule has 0 aromatic heterocycles. The van der Waals surface area contributed by atoms with Gasteiger partial charge in [-0.05, 0) is 49.2 Å². The molecule has 22 heavy (non-hydrogen) atoms. The van der Waals surface area contributed by atoms with Crippen molar-refractivity contribution < 1.29 is 9.53 Å². The average molecular weight is 292 g/mol. The van der Waals surface area contributed by atoms with E-state index < -0.39 is 6.10 Å². The first-order valence-electron chi connectivity index (χ1n) is 7.25. The Morgan fingerprint density at radius 1 is 1.23 bits per heavy atom. The summed E-state index contributed by atoms with van der Waals surface area (Å²) in [5, 5.41) is 8.78. The number of fused-ring (bicyclic) bond motifs is 1. The number of ether oxygens (including phenoxy) is 1. The molecule has 1 aliphatic rings. The maximum absolute atomic E-state index is 12.6. The monoisotopic (exact) mass is 292 g/mol. The lowest BCUT2D eigenvalue weighted by Gasteiger charge is -2.22. The van der Waals surface area contributed by atoms with Crippen molar-refractivity contribution >= 4 is 11.6 Å². The number of benzene rings is 2. The van der Waals surface area contributed by atoms with E-state index in [0.717, 1.165) is 12.1 Å². The molecule has 0 N–H and O–H groups in total. The van der Waals surface area contributed by atoms with Crippen molar-refractivity contribution in [3.05, 3.63) is 59.7 Å². The van der Waals surface area contributed by atoms with E-state index in [1.54, 1.807) is 36.1 Å². The Kier molecular flexibility index (Phi) is 3.80. The van der Waals surface area contributed by atoms with E-state index in [4.69, 9.17) is 10.00 Å². The summed E-state index contributed by atoms with van der Waals surface area (Å²) in [6, 6.07) is 16.8. The Bertz CT molecular complexity index is 731. The minimum atomic E-state index is -0.570. The highest BCUT2D eigenvalue weighted by Gasteiger charge is 2.28. The first-order valence-corrected chi connectivity index (χ1v) is 7.25. The van der Waals surface area contributed by atoms with Crippen molar-refractivity contribution in [3.8, 4) is 11.8 Å². The molecule has 1 aliphatic heterocycles. The summed E-state index contributed by atoms with van der Waals surface area (Å²) in [5.74, 6) is 0.543. The SMILES string of the molecule is C[C@@H](Oc1ccc(C#N)cc1)C(=O)N1CCc2ccccc21. The van der Waals surface area contributed by atoms with Gasteiger partial charge in [-0.2, -0.15) is 5.26 Å². The maximum atomic E-state index is 12.6. The van der Waals surface area contributed by atoms with Crippen LogP contribution in [0.25, 0.3) is 0 Å². The molecule has 0 unspecified atom stereocenters. The molecule has 4 heteroatoms. The zero-order valence-electron chi connectivity index (χ0n) is 12.3. The highest BCUT2D eigenvalue weighted by molar-refractivity contribution is 5.98. The molecular formula is C18H16N2O2. The van der Waals surface area contributed by atoms with Gasteiger partial charge in [0.2, 0.25) is 0 Å². The van der Waals surface area contributed by atoms with E-state index in [1.165, 1.54) is 5.56 Å². The first-order chi connectivity index (χ1) is 10.7. The number of hydrogen-bond donors (Lipinski definition) is 0. The zero-order chi connectivity index (χ0) is 15.5. The van der Waals surface area contributed by atoms with Crippen molar-refractivity contribution in [2.45, 2.75) is 19.4 Å². The molecule has 110 valence electrons. The smallest absolute Gasteiger partial charge is 0.267 e. The Balaban J connectivity index is 1.71. The van der Waals surface area contributed by atoms with Gasteiger partial charge < -0.3 is 9.64 Å². The van der Waals surface area contributed by atoms with Crippen LogP contribution >= 0.6 is 0 Å². The Labute approximate surface area is 129 Å². The van der Waals surface area contributed by atoms with E-state index in [1.807, 2.05) is 18.2 Å². The van der Waals surface area contributed by atoms with Crippen molar-refractivity contribution in [1.82, 2.24) is 0 Å². The highest BCUT2D eigenvalue weighted by Crippen LogP contribution is 2.28. The number of para-hydroxylation sites is 1. The van der Waals surface area contributed by atoms with Crippen molar-refractivity contribution in [2.75, 3.05) is 11.4 Å². The van der Waals surface area contributed by atoms with Crippen LogP contribution in [0.2, 0.25) is 0 Å². The summed E-state index contributed by atoms with van der Waals surface area (Å²) in [5.41, 5.74) is 2.74. The highest BCUT2D eigenvalue weighted by atomic mass is 16.5. The van der Waals surface area contributed by atoms with E-state index in [-0.39, 0.29) is 5.91 Å². The van der Waals surface area contributed by atoms with Crippen LogP contribution < -0.4 is 9.64 Å². The third-order valence-electron chi connectivity index (χ3n) is 3.80. The topological polar surface area (TPSA) is 53.3 Å². The number of anilines is 1. The predicted molar refractivity (Wildman–Crippen MR) is 83.7 cm³/mol. The third-order valence-corrected chi connectivity index (χ3v) is 3.80. The van der Waals surface area contributed by atoms with Crippen molar-refractivity contribution in [1.29, 1.82) is 5.26 Å². The number of carbonyl (C=O) groups excluding carboxylic acids is 1. The molecule has 1 atom stereocenters. The molecule has 0 saturated heterocycles. The van der Waals surface area contributed by atoms with E-state index >= 15 is 0 Å². The van der Waals surface area contributed by atoms with Gasteiger partial charge in [0.05, 0.1) is 11.6 Å². The Hall–Kier alpha value is -2.80. The number of amides is 1. The van der Waals surface area contributed by atoms with Crippen LogP contribution in [0.1, 0.15) is 18.1 Å². The van der Waals surface area contributed by atoms with Crippen LogP contribution in [0, 0.1) is 11.3 Å².